The molecule has 0 spiro atoms. The fourth-order valence-electron chi connectivity index (χ4n) is 2.50. The third-order valence-corrected chi connectivity index (χ3v) is 3.70. The molecular formula is C18H26O4. The second-order valence-electron chi connectivity index (χ2n) is 5.73. The van der Waals surface area contributed by atoms with E-state index in [0.29, 0.717) is 0 Å². The molecule has 0 aliphatic carbocycles. The standard InChI is InChI=1S/C18H26O4/c19-17(20)12-5-1-3-8-15-10-7-11-16(14-15)9-4-2-6-13-18(21)22/h7,10-11,14H,1-6,8-9,12-13H2,(H,19,20)(H,21,22). The van der Waals surface area contributed by atoms with E-state index < -0.39 is 11.9 Å². The molecule has 0 amide bonds. The lowest BCUT2D eigenvalue weighted by molar-refractivity contribution is -0.138. The van der Waals surface area contributed by atoms with E-state index >= 15 is 0 Å². The Morgan fingerprint density at radius 1 is 0.727 bits per heavy atom. The first kappa shape index (κ1) is 18.2. The number of aliphatic carboxylic acids is 2. The van der Waals surface area contributed by atoms with Gasteiger partial charge in [0.25, 0.3) is 0 Å². The van der Waals surface area contributed by atoms with Crippen molar-refractivity contribution in [3.05, 3.63) is 35.4 Å². The van der Waals surface area contributed by atoms with Crippen LogP contribution in [0.1, 0.15) is 62.5 Å². The SMILES string of the molecule is O=C(O)CCCCCc1cccc(CCCCCC(=O)O)c1. The summed E-state index contributed by atoms with van der Waals surface area (Å²) in [6.07, 6.45) is 7.95. The fourth-order valence-corrected chi connectivity index (χ4v) is 2.50. The number of benzene rings is 1. The van der Waals surface area contributed by atoms with Crippen molar-refractivity contribution in [3.8, 4) is 0 Å². The molecule has 0 bridgehead atoms. The van der Waals surface area contributed by atoms with Crippen molar-refractivity contribution in [1.82, 2.24) is 0 Å². The molecular weight excluding hydrogens is 280 g/mol. The third kappa shape index (κ3) is 9.16. The Bertz CT molecular complexity index is 429. The highest BCUT2D eigenvalue weighted by Crippen LogP contribution is 2.13. The van der Waals surface area contributed by atoms with Gasteiger partial charge in [0.15, 0.2) is 0 Å². The molecule has 0 aliphatic rings. The Hall–Kier alpha value is -1.84. The van der Waals surface area contributed by atoms with Gasteiger partial charge in [-0.2, -0.15) is 0 Å². The molecule has 0 radical (unpaired) electrons. The van der Waals surface area contributed by atoms with E-state index in [2.05, 4.69) is 24.3 Å². The van der Waals surface area contributed by atoms with Crippen LogP contribution in [0.5, 0.6) is 0 Å². The van der Waals surface area contributed by atoms with Gasteiger partial charge in [-0.3, -0.25) is 9.59 Å². The maximum absolute atomic E-state index is 10.4. The summed E-state index contributed by atoms with van der Waals surface area (Å²) in [4.78, 5) is 20.9. The number of carboxylic acid groups (broad SMARTS) is 2. The van der Waals surface area contributed by atoms with Crippen LogP contribution < -0.4 is 0 Å². The molecule has 0 saturated heterocycles. The Labute approximate surface area is 132 Å². The summed E-state index contributed by atoms with van der Waals surface area (Å²) in [5, 5.41) is 17.2. The van der Waals surface area contributed by atoms with Gasteiger partial charge in [-0.1, -0.05) is 37.1 Å². The zero-order chi connectivity index (χ0) is 16.2. The van der Waals surface area contributed by atoms with Crippen molar-refractivity contribution in [2.45, 2.75) is 64.2 Å². The zero-order valence-electron chi connectivity index (χ0n) is 13.1. The van der Waals surface area contributed by atoms with E-state index in [9.17, 15) is 9.59 Å². The van der Waals surface area contributed by atoms with Crippen LogP contribution in [0.4, 0.5) is 0 Å². The molecule has 122 valence electrons. The van der Waals surface area contributed by atoms with Crippen molar-refractivity contribution in [2.75, 3.05) is 0 Å². The number of hydrogen-bond donors (Lipinski definition) is 2. The van der Waals surface area contributed by atoms with Crippen LogP contribution in [0.2, 0.25) is 0 Å². The summed E-state index contributed by atoms with van der Waals surface area (Å²) >= 11 is 0. The van der Waals surface area contributed by atoms with Crippen LogP contribution in [0.3, 0.4) is 0 Å². The molecule has 0 saturated carbocycles. The minimum absolute atomic E-state index is 0.260. The molecule has 22 heavy (non-hydrogen) atoms. The van der Waals surface area contributed by atoms with Crippen LogP contribution in [-0.4, -0.2) is 22.2 Å². The van der Waals surface area contributed by atoms with Gasteiger partial charge in [0.2, 0.25) is 0 Å². The molecule has 0 unspecified atom stereocenters. The van der Waals surface area contributed by atoms with Crippen LogP contribution >= 0.6 is 0 Å². The molecule has 1 rings (SSSR count). The largest absolute Gasteiger partial charge is 0.481 e. The molecule has 2 N–H and O–H groups in total. The lowest BCUT2D eigenvalue weighted by Gasteiger charge is -2.05. The van der Waals surface area contributed by atoms with Gasteiger partial charge in [-0.05, 0) is 49.7 Å². The predicted octanol–water partition coefficient (Wildman–Crippen LogP) is 4.06. The first-order chi connectivity index (χ1) is 10.6. The van der Waals surface area contributed by atoms with Crippen molar-refractivity contribution in [2.24, 2.45) is 0 Å². The van der Waals surface area contributed by atoms with Crippen LogP contribution in [-0.2, 0) is 22.4 Å². The molecule has 4 nitrogen and oxygen atoms in total. The number of unbranched alkanes of at least 4 members (excludes halogenated alkanes) is 4. The quantitative estimate of drug-likeness (QED) is 0.571. The van der Waals surface area contributed by atoms with Gasteiger partial charge in [0, 0.05) is 12.8 Å². The van der Waals surface area contributed by atoms with E-state index in [1.807, 2.05) is 0 Å². The first-order valence-electron chi connectivity index (χ1n) is 8.09. The second kappa shape index (κ2) is 10.8. The van der Waals surface area contributed by atoms with E-state index in [-0.39, 0.29) is 12.8 Å². The molecule has 0 aromatic heterocycles. The molecule has 1 aromatic rings. The second-order valence-corrected chi connectivity index (χ2v) is 5.73. The number of carboxylic acids is 2. The average molecular weight is 306 g/mol. The maximum atomic E-state index is 10.4. The molecule has 0 heterocycles. The highest BCUT2D eigenvalue weighted by atomic mass is 16.4. The Balaban J connectivity index is 2.21. The van der Waals surface area contributed by atoms with Crippen molar-refractivity contribution >= 4 is 11.9 Å². The first-order valence-corrected chi connectivity index (χ1v) is 8.09. The summed E-state index contributed by atoms with van der Waals surface area (Å²) in [7, 11) is 0. The monoisotopic (exact) mass is 306 g/mol. The summed E-state index contributed by atoms with van der Waals surface area (Å²) < 4.78 is 0. The summed E-state index contributed by atoms with van der Waals surface area (Å²) in [6, 6.07) is 8.52. The maximum Gasteiger partial charge on any atom is 0.303 e. The number of rotatable bonds is 12. The zero-order valence-corrected chi connectivity index (χ0v) is 13.1. The average Bonchev–Trinajstić information content (AvgIpc) is 2.46. The fraction of sp³-hybridized carbons (Fsp3) is 0.556. The van der Waals surface area contributed by atoms with E-state index in [4.69, 9.17) is 10.2 Å². The molecule has 0 fully saturated rings. The van der Waals surface area contributed by atoms with E-state index in [0.717, 1.165) is 51.4 Å². The highest BCUT2D eigenvalue weighted by Gasteiger charge is 2.00. The number of carbonyl (C=O) groups is 2. The normalized spacial score (nSPS) is 10.5. The van der Waals surface area contributed by atoms with E-state index in [1.54, 1.807) is 0 Å². The Kier molecular flexibility index (Phi) is 8.96. The van der Waals surface area contributed by atoms with Gasteiger partial charge >= 0.3 is 11.9 Å². The lowest BCUT2D eigenvalue weighted by atomic mass is 10.0. The Morgan fingerprint density at radius 2 is 1.18 bits per heavy atom. The van der Waals surface area contributed by atoms with Gasteiger partial charge in [-0.15, -0.1) is 0 Å². The van der Waals surface area contributed by atoms with Crippen LogP contribution in [0.25, 0.3) is 0 Å². The van der Waals surface area contributed by atoms with Crippen LogP contribution in [0, 0.1) is 0 Å². The Morgan fingerprint density at radius 3 is 1.59 bits per heavy atom. The van der Waals surface area contributed by atoms with Gasteiger partial charge in [-0.25, -0.2) is 0 Å². The lowest BCUT2D eigenvalue weighted by Crippen LogP contribution is -1.95. The number of hydrogen-bond acceptors (Lipinski definition) is 2. The molecule has 0 aliphatic heterocycles. The smallest absolute Gasteiger partial charge is 0.303 e. The van der Waals surface area contributed by atoms with Crippen molar-refractivity contribution in [1.29, 1.82) is 0 Å². The summed E-state index contributed by atoms with van der Waals surface area (Å²) in [6.45, 7) is 0. The van der Waals surface area contributed by atoms with Gasteiger partial charge < -0.3 is 10.2 Å². The van der Waals surface area contributed by atoms with Gasteiger partial charge in [0.05, 0.1) is 0 Å². The molecule has 1 aromatic carbocycles. The highest BCUT2D eigenvalue weighted by molar-refractivity contribution is 5.66. The molecule has 0 atom stereocenters. The van der Waals surface area contributed by atoms with E-state index in [1.165, 1.54) is 11.1 Å². The van der Waals surface area contributed by atoms with Crippen molar-refractivity contribution < 1.29 is 19.8 Å². The van der Waals surface area contributed by atoms with Crippen LogP contribution in [0.15, 0.2) is 24.3 Å². The summed E-state index contributed by atoms with van der Waals surface area (Å²) in [5.74, 6) is -1.44. The number of aryl methyl sites for hydroxylation is 2. The third-order valence-electron chi connectivity index (χ3n) is 3.70. The van der Waals surface area contributed by atoms with Gasteiger partial charge in [0.1, 0.15) is 0 Å². The molecule has 4 heteroatoms. The predicted molar refractivity (Wildman–Crippen MR) is 86.1 cm³/mol. The summed E-state index contributed by atoms with van der Waals surface area (Å²) in [5.41, 5.74) is 2.61. The minimum atomic E-state index is -0.718. The topological polar surface area (TPSA) is 74.6 Å². The van der Waals surface area contributed by atoms with Crippen molar-refractivity contribution in [3.63, 3.8) is 0 Å². The minimum Gasteiger partial charge on any atom is -0.481 e.